The molecule has 3 heteroatoms. The molecule has 0 bridgehead atoms. The predicted octanol–water partition coefficient (Wildman–Crippen LogP) is 3.27. The molecule has 2 nitrogen and oxygen atoms in total. The number of rotatable bonds is 2. The van der Waals surface area contributed by atoms with Crippen LogP contribution in [-0.4, -0.2) is 9.78 Å². The zero-order chi connectivity index (χ0) is 10.1. The van der Waals surface area contributed by atoms with Crippen LogP contribution in [0.25, 0.3) is 10.9 Å². The van der Waals surface area contributed by atoms with Gasteiger partial charge < -0.3 is 0 Å². The van der Waals surface area contributed by atoms with E-state index in [0.29, 0.717) is 0 Å². The van der Waals surface area contributed by atoms with Crippen LogP contribution in [-0.2, 0) is 13.0 Å². The van der Waals surface area contributed by atoms with Crippen molar-refractivity contribution in [3.63, 3.8) is 0 Å². The molecule has 0 N–H and O–H groups in total. The standard InChI is InChI=1S/C11H13ClN2/c1-3-10-9-6-5-8(12)7-11(9)14(4-2)13-10/h5-7H,3-4H2,1-2H3. The Kier molecular flexibility index (Phi) is 2.46. The van der Waals surface area contributed by atoms with E-state index in [9.17, 15) is 0 Å². The number of nitrogens with zero attached hydrogens (tertiary/aromatic N) is 2. The van der Waals surface area contributed by atoms with Crippen LogP contribution in [0.2, 0.25) is 5.02 Å². The first kappa shape index (κ1) is 9.53. The Balaban J connectivity index is 2.75. The summed E-state index contributed by atoms with van der Waals surface area (Å²) in [5.74, 6) is 0. The normalized spacial score (nSPS) is 11.1. The van der Waals surface area contributed by atoms with E-state index < -0.39 is 0 Å². The second kappa shape index (κ2) is 3.62. The first-order chi connectivity index (χ1) is 6.76. The van der Waals surface area contributed by atoms with Crippen molar-refractivity contribution < 1.29 is 0 Å². The summed E-state index contributed by atoms with van der Waals surface area (Å²) in [4.78, 5) is 0. The average Bonchev–Trinajstić information content (AvgIpc) is 2.55. The first-order valence-corrected chi connectivity index (χ1v) is 5.29. The molecule has 0 aliphatic rings. The van der Waals surface area contributed by atoms with Gasteiger partial charge in [0.05, 0.1) is 11.2 Å². The highest BCUT2D eigenvalue weighted by Gasteiger charge is 2.07. The lowest BCUT2D eigenvalue weighted by atomic mass is 10.2. The third-order valence-corrected chi connectivity index (χ3v) is 2.66. The molecule has 74 valence electrons. The fourth-order valence-corrected chi connectivity index (χ4v) is 1.88. The number of halogens is 1. The summed E-state index contributed by atoms with van der Waals surface area (Å²) in [6.45, 7) is 5.10. The molecule has 2 aromatic rings. The zero-order valence-corrected chi connectivity index (χ0v) is 9.17. The quantitative estimate of drug-likeness (QED) is 0.741. The predicted molar refractivity (Wildman–Crippen MR) is 59.8 cm³/mol. The minimum absolute atomic E-state index is 0.773. The van der Waals surface area contributed by atoms with E-state index in [1.54, 1.807) is 0 Å². The molecule has 14 heavy (non-hydrogen) atoms. The molecule has 0 spiro atoms. The van der Waals surface area contributed by atoms with Crippen LogP contribution in [0.5, 0.6) is 0 Å². The van der Waals surface area contributed by atoms with Gasteiger partial charge in [-0.05, 0) is 31.5 Å². The number of hydrogen-bond donors (Lipinski definition) is 0. The summed E-state index contributed by atoms with van der Waals surface area (Å²) in [6, 6.07) is 5.95. The first-order valence-electron chi connectivity index (χ1n) is 4.91. The van der Waals surface area contributed by atoms with Crippen LogP contribution >= 0.6 is 11.6 Å². The summed E-state index contributed by atoms with van der Waals surface area (Å²) in [5, 5.41) is 6.52. The van der Waals surface area contributed by atoms with Crippen molar-refractivity contribution in [3.8, 4) is 0 Å². The van der Waals surface area contributed by atoms with E-state index in [1.165, 1.54) is 5.39 Å². The molecule has 0 radical (unpaired) electrons. The lowest BCUT2D eigenvalue weighted by Crippen LogP contribution is -1.96. The van der Waals surface area contributed by atoms with Crippen LogP contribution in [0, 0.1) is 0 Å². The van der Waals surface area contributed by atoms with Gasteiger partial charge in [-0.2, -0.15) is 5.10 Å². The van der Waals surface area contributed by atoms with E-state index in [2.05, 4.69) is 25.0 Å². The SMILES string of the molecule is CCc1nn(CC)c2cc(Cl)ccc12. The molecular formula is C11H13ClN2. The molecule has 1 aromatic carbocycles. The molecule has 0 fully saturated rings. The largest absolute Gasteiger partial charge is 0.265 e. The third-order valence-electron chi connectivity index (χ3n) is 2.42. The lowest BCUT2D eigenvalue weighted by molar-refractivity contribution is 0.670. The molecule has 2 rings (SSSR count). The van der Waals surface area contributed by atoms with Gasteiger partial charge in [0.15, 0.2) is 0 Å². The monoisotopic (exact) mass is 208 g/mol. The Morgan fingerprint density at radius 1 is 1.36 bits per heavy atom. The molecule has 0 atom stereocenters. The Morgan fingerprint density at radius 2 is 2.14 bits per heavy atom. The fraction of sp³-hybridized carbons (Fsp3) is 0.364. The smallest absolute Gasteiger partial charge is 0.0700 e. The molecule has 0 saturated carbocycles. The Hall–Kier alpha value is -1.02. The Bertz CT molecular complexity index is 460. The van der Waals surface area contributed by atoms with Gasteiger partial charge in [-0.3, -0.25) is 4.68 Å². The summed E-state index contributed by atoms with van der Waals surface area (Å²) in [5.41, 5.74) is 2.29. The molecule has 1 aromatic heterocycles. The summed E-state index contributed by atoms with van der Waals surface area (Å²) in [6.07, 6.45) is 0.963. The highest BCUT2D eigenvalue weighted by molar-refractivity contribution is 6.31. The summed E-state index contributed by atoms with van der Waals surface area (Å²) < 4.78 is 2.00. The minimum atomic E-state index is 0.773. The molecule has 0 amide bonds. The van der Waals surface area contributed by atoms with Gasteiger partial charge in [-0.25, -0.2) is 0 Å². The number of benzene rings is 1. The van der Waals surface area contributed by atoms with E-state index in [0.717, 1.165) is 29.2 Å². The van der Waals surface area contributed by atoms with Crippen molar-refractivity contribution in [2.45, 2.75) is 26.8 Å². The van der Waals surface area contributed by atoms with Crippen molar-refractivity contribution >= 4 is 22.5 Å². The molecule has 0 unspecified atom stereocenters. The van der Waals surface area contributed by atoms with Crippen molar-refractivity contribution in [1.29, 1.82) is 0 Å². The van der Waals surface area contributed by atoms with E-state index in [-0.39, 0.29) is 0 Å². The number of fused-ring (bicyclic) bond motifs is 1. The molecular weight excluding hydrogens is 196 g/mol. The minimum Gasteiger partial charge on any atom is -0.265 e. The Labute approximate surface area is 88.5 Å². The van der Waals surface area contributed by atoms with Crippen molar-refractivity contribution in [1.82, 2.24) is 9.78 Å². The highest BCUT2D eigenvalue weighted by Crippen LogP contribution is 2.22. The van der Waals surface area contributed by atoms with Gasteiger partial charge in [-0.15, -0.1) is 0 Å². The molecule has 0 aliphatic heterocycles. The van der Waals surface area contributed by atoms with Crippen molar-refractivity contribution in [3.05, 3.63) is 28.9 Å². The zero-order valence-electron chi connectivity index (χ0n) is 8.42. The van der Waals surface area contributed by atoms with Crippen molar-refractivity contribution in [2.75, 3.05) is 0 Å². The molecule has 0 aliphatic carbocycles. The maximum atomic E-state index is 5.96. The summed E-state index contributed by atoms with van der Waals surface area (Å²) in [7, 11) is 0. The highest BCUT2D eigenvalue weighted by atomic mass is 35.5. The maximum Gasteiger partial charge on any atom is 0.0700 e. The molecule has 0 saturated heterocycles. The summed E-state index contributed by atoms with van der Waals surface area (Å²) >= 11 is 5.96. The van der Waals surface area contributed by atoms with Gasteiger partial charge in [0.25, 0.3) is 0 Å². The van der Waals surface area contributed by atoms with E-state index >= 15 is 0 Å². The van der Waals surface area contributed by atoms with E-state index in [4.69, 9.17) is 11.6 Å². The van der Waals surface area contributed by atoms with Crippen LogP contribution in [0.3, 0.4) is 0 Å². The average molecular weight is 209 g/mol. The van der Waals surface area contributed by atoms with Gasteiger partial charge >= 0.3 is 0 Å². The number of hydrogen-bond acceptors (Lipinski definition) is 1. The van der Waals surface area contributed by atoms with Crippen LogP contribution < -0.4 is 0 Å². The van der Waals surface area contributed by atoms with Gasteiger partial charge in [0.2, 0.25) is 0 Å². The molecule has 1 heterocycles. The van der Waals surface area contributed by atoms with Gasteiger partial charge in [0.1, 0.15) is 0 Å². The van der Waals surface area contributed by atoms with Crippen molar-refractivity contribution in [2.24, 2.45) is 0 Å². The number of aryl methyl sites for hydroxylation is 2. The second-order valence-corrected chi connectivity index (χ2v) is 3.71. The van der Waals surface area contributed by atoms with Gasteiger partial charge in [-0.1, -0.05) is 18.5 Å². The van der Waals surface area contributed by atoms with Crippen LogP contribution in [0.1, 0.15) is 19.5 Å². The van der Waals surface area contributed by atoms with Gasteiger partial charge in [0, 0.05) is 17.0 Å². The lowest BCUT2D eigenvalue weighted by Gasteiger charge is -1.97. The topological polar surface area (TPSA) is 17.8 Å². The maximum absolute atomic E-state index is 5.96. The Morgan fingerprint density at radius 3 is 2.79 bits per heavy atom. The second-order valence-electron chi connectivity index (χ2n) is 3.28. The fourth-order valence-electron chi connectivity index (χ4n) is 1.72. The van der Waals surface area contributed by atoms with E-state index in [1.807, 2.05) is 16.8 Å². The number of aromatic nitrogens is 2. The van der Waals surface area contributed by atoms with Crippen LogP contribution in [0.15, 0.2) is 18.2 Å². The third kappa shape index (κ3) is 1.40. The van der Waals surface area contributed by atoms with Crippen LogP contribution in [0.4, 0.5) is 0 Å².